The molecule has 3 rings (SSSR count). The summed E-state index contributed by atoms with van der Waals surface area (Å²) in [6.07, 6.45) is 1.50. The quantitative estimate of drug-likeness (QED) is 0.621. The highest BCUT2D eigenvalue weighted by Gasteiger charge is 2.15. The van der Waals surface area contributed by atoms with Gasteiger partial charge in [-0.1, -0.05) is 13.8 Å². The van der Waals surface area contributed by atoms with Crippen molar-refractivity contribution in [3.8, 4) is 22.6 Å². The molecule has 5 heteroatoms. The highest BCUT2D eigenvalue weighted by atomic mass is 19.1. The topological polar surface area (TPSA) is 79.4 Å². The van der Waals surface area contributed by atoms with E-state index in [-0.39, 0.29) is 22.9 Å². The maximum Gasteiger partial charge on any atom is 0.151 e. The molecule has 4 N–H and O–H groups in total. The Morgan fingerprint density at radius 1 is 1.00 bits per heavy atom. The number of halogens is 1. The molecule has 3 aromatic rings. The number of phenols is 2. The second kappa shape index (κ2) is 5.43. The summed E-state index contributed by atoms with van der Waals surface area (Å²) >= 11 is 0. The van der Waals surface area contributed by atoms with Crippen molar-refractivity contribution in [3.63, 3.8) is 0 Å². The molecule has 0 fully saturated rings. The van der Waals surface area contributed by atoms with Crippen LogP contribution < -0.4 is 5.73 Å². The summed E-state index contributed by atoms with van der Waals surface area (Å²) in [7, 11) is 0. The number of aromatic nitrogens is 1. The van der Waals surface area contributed by atoms with Gasteiger partial charge < -0.3 is 15.9 Å². The van der Waals surface area contributed by atoms with Crippen LogP contribution in [0, 0.1) is 5.82 Å². The summed E-state index contributed by atoms with van der Waals surface area (Å²) in [5.74, 6) is -0.442. The number of nitrogens with zero attached hydrogens (tertiary/aromatic N) is 1. The number of fused-ring (bicyclic) bond motifs is 1. The molecule has 0 radical (unpaired) electrons. The molecule has 0 bridgehead atoms. The lowest BCUT2D eigenvalue weighted by Gasteiger charge is -2.13. The monoisotopic (exact) mass is 312 g/mol. The third kappa shape index (κ3) is 2.65. The molecule has 1 heterocycles. The van der Waals surface area contributed by atoms with E-state index in [4.69, 9.17) is 5.73 Å². The molecule has 0 saturated carbocycles. The number of rotatable bonds is 2. The Labute approximate surface area is 133 Å². The Hall–Kier alpha value is -2.82. The summed E-state index contributed by atoms with van der Waals surface area (Å²) in [6.45, 7) is 3.77. The molecule has 1 aromatic heterocycles. The molecule has 0 spiro atoms. The molecule has 0 aliphatic rings. The van der Waals surface area contributed by atoms with Gasteiger partial charge in [-0.15, -0.1) is 0 Å². The second-order valence-corrected chi connectivity index (χ2v) is 5.88. The van der Waals surface area contributed by atoms with Crippen LogP contribution in [-0.4, -0.2) is 15.2 Å². The standard InChI is InChI=1S/C18H17FN2O2/c1-9(2)17-15(22)5-10(6-16(17)23)12-3-11-4-13(20)7-14(19)18(11)21-8-12/h3-9,22-23H,20H2,1-2H3. The lowest BCUT2D eigenvalue weighted by Crippen LogP contribution is -1.93. The number of nitrogens with two attached hydrogens (primary N) is 1. The Bertz CT molecular complexity index is 884. The minimum atomic E-state index is -0.479. The maximum atomic E-state index is 13.8. The normalized spacial score (nSPS) is 11.3. The van der Waals surface area contributed by atoms with E-state index in [9.17, 15) is 14.6 Å². The summed E-state index contributed by atoms with van der Waals surface area (Å²) in [5, 5.41) is 20.9. The summed E-state index contributed by atoms with van der Waals surface area (Å²) in [6, 6.07) is 7.73. The van der Waals surface area contributed by atoms with Crippen molar-refractivity contribution < 1.29 is 14.6 Å². The van der Waals surface area contributed by atoms with Crippen LogP contribution in [0.2, 0.25) is 0 Å². The van der Waals surface area contributed by atoms with Crippen molar-refractivity contribution >= 4 is 16.6 Å². The van der Waals surface area contributed by atoms with Gasteiger partial charge in [-0.2, -0.15) is 0 Å². The number of benzene rings is 2. The van der Waals surface area contributed by atoms with Gasteiger partial charge in [-0.05, 0) is 41.8 Å². The average molecular weight is 312 g/mol. The fourth-order valence-electron chi connectivity index (χ4n) is 2.77. The van der Waals surface area contributed by atoms with E-state index >= 15 is 0 Å². The Kier molecular flexibility index (Phi) is 3.56. The van der Waals surface area contributed by atoms with Crippen molar-refractivity contribution in [2.75, 3.05) is 5.73 Å². The van der Waals surface area contributed by atoms with Crippen LogP contribution in [0.4, 0.5) is 10.1 Å². The van der Waals surface area contributed by atoms with Gasteiger partial charge in [0.1, 0.15) is 17.0 Å². The number of nitrogen functional groups attached to an aromatic ring is 1. The zero-order chi connectivity index (χ0) is 16.7. The SMILES string of the molecule is CC(C)c1c(O)cc(-c2cnc3c(F)cc(N)cc3c2)cc1O. The van der Waals surface area contributed by atoms with Crippen LogP contribution >= 0.6 is 0 Å². The van der Waals surface area contributed by atoms with E-state index in [0.29, 0.717) is 27.8 Å². The fraction of sp³-hybridized carbons (Fsp3) is 0.167. The fourth-order valence-corrected chi connectivity index (χ4v) is 2.77. The number of pyridine rings is 1. The predicted octanol–water partition coefficient (Wildman–Crippen LogP) is 4.16. The van der Waals surface area contributed by atoms with Gasteiger partial charge in [-0.25, -0.2) is 4.39 Å². The molecule has 0 aliphatic carbocycles. The van der Waals surface area contributed by atoms with Crippen LogP contribution in [-0.2, 0) is 0 Å². The van der Waals surface area contributed by atoms with Crippen molar-refractivity contribution in [2.45, 2.75) is 19.8 Å². The van der Waals surface area contributed by atoms with E-state index in [0.717, 1.165) is 0 Å². The molecule has 4 nitrogen and oxygen atoms in total. The van der Waals surface area contributed by atoms with Crippen LogP contribution in [0.5, 0.6) is 11.5 Å². The first-order valence-corrected chi connectivity index (χ1v) is 7.28. The van der Waals surface area contributed by atoms with Crippen LogP contribution in [0.1, 0.15) is 25.3 Å². The molecule has 0 unspecified atom stereocenters. The van der Waals surface area contributed by atoms with Gasteiger partial charge >= 0.3 is 0 Å². The molecule has 0 saturated heterocycles. The Balaban J connectivity index is 2.17. The predicted molar refractivity (Wildman–Crippen MR) is 89.0 cm³/mol. The number of hydrogen-bond donors (Lipinski definition) is 3. The number of anilines is 1. The van der Waals surface area contributed by atoms with Crippen molar-refractivity contribution in [2.24, 2.45) is 0 Å². The molecular formula is C18H17FN2O2. The van der Waals surface area contributed by atoms with Gasteiger partial charge in [0.05, 0.1) is 0 Å². The van der Waals surface area contributed by atoms with Gasteiger partial charge in [0.2, 0.25) is 0 Å². The Morgan fingerprint density at radius 2 is 1.65 bits per heavy atom. The third-order valence-electron chi connectivity index (χ3n) is 3.81. The van der Waals surface area contributed by atoms with E-state index < -0.39 is 5.82 Å². The lowest BCUT2D eigenvalue weighted by molar-refractivity contribution is 0.434. The van der Waals surface area contributed by atoms with E-state index in [2.05, 4.69) is 4.98 Å². The second-order valence-electron chi connectivity index (χ2n) is 5.88. The summed E-state index contributed by atoms with van der Waals surface area (Å²) in [5.41, 5.74) is 7.97. The first-order valence-electron chi connectivity index (χ1n) is 7.28. The Morgan fingerprint density at radius 3 is 2.26 bits per heavy atom. The summed E-state index contributed by atoms with van der Waals surface area (Å²) < 4.78 is 13.8. The first-order chi connectivity index (χ1) is 10.9. The molecule has 0 atom stereocenters. The first kappa shape index (κ1) is 15.1. The minimum Gasteiger partial charge on any atom is -0.507 e. The number of hydrogen-bond acceptors (Lipinski definition) is 4. The van der Waals surface area contributed by atoms with Crippen molar-refractivity contribution in [3.05, 3.63) is 47.9 Å². The molecule has 2 aromatic carbocycles. The van der Waals surface area contributed by atoms with Crippen LogP contribution in [0.15, 0.2) is 36.5 Å². The minimum absolute atomic E-state index is 0.00678. The van der Waals surface area contributed by atoms with Crippen LogP contribution in [0.3, 0.4) is 0 Å². The largest absolute Gasteiger partial charge is 0.507 e. The highest BCUT2D eigenvalue weighted by Crippen LogP contribution is 2.38. The highest BCUT2D eigenvalue weighted by molar-refractivity contribution is 5.87. The van der Waals surface area contributed by atoms with Gasteiger partial charge in [0, 0.05) is 28.4 Å². The molecule has 23 heavy (non-hydrogen) atoms. The van der Waals surface area contributed by atoms with E-state index in [1.165, 1.54) is 12.3 Å². The molecule has 0 amide bonds. The van der Waals surface area contributed by atoms with Gasteiger partial charge in [0.15, 0.2) is 5.82 Å². The van der Waals surface area contributed by atoms with Crippen LogP contribution in [0.25, 0.3) is 22.0 Å². The van der Waals surface area contributed by atoms with E-state index in [1.807, 2.05) is 13.8 Å². The zero-order valence-corrected chi connectivity index (χ0v) is 12.8. The molecule has 118 valence electrons. The van der Waals surface area contributed by atoms with E-state index in [1.54, 1.807) is 24.3 Å². The van der Waals surface area contributed by atoms with Gasteiger partial charge in [-0.3, -0.25) is 4.98 Å². The molecule has 0 aliphatic heterocycles. The van der Waals surface area contributed by atoms with Crippen molar-refractivity contribution in [1.29, 1.82) is 0 Å². The zero-order valence-electron chi connectivity index (χ0n) is 12.8. The lowest BCUT2D eigenvalue weighted by atomic mass is 9.96. The number of aromatic hydroxyl groups is 2. The average Bonchev–Trinajstić information content (AvgIpc) is 2.45. The molecular weight excluding hydrogens is 295 g/mol. The van der Waals surface area contributed by atoms with Crippen molar-refractivity contribution in [1.82, 2.24) is 4.98 Å². The smallest absolute Gasteiger partial charge is 0.151 e. The van der Waals surface area contributed by atoms with Gasteiger partial charge in [0.25, 0.3) is 0 Å². The maximum absolute atomic E-state index is 13.8. The number of phenolic OH excluding ortho intramolecular Hbond substituents is 2. The third-order valence-corrected chi connectivity index (χ3v) is 3.81. The summed E-state index contributed by atoms with van der Waals surface area (Å²) in [4.78, 5) is 4.12.